The summed E-state index contributed by atoms with van der Waals surface area (Å²) in [5.41, 5.74) is 2.62. The van der Waals surface area contributed by atoms with E-state index in [0.29, 0.717) is 5.56 Å². The molecular formula is C16H26N2O2. The number of hydrogen-bond acceptors (Lipinski definition) is 3. The molecule has 0 saturated heterocycles. The van der Waals surface area contributed by atoms with Crippen molar-refractivity contribution >= 4 is 5.97 Å². The van der Waals surface area contributed by atoms with Gasteiger partial charge in [-0.25, -0.2) is 4.79 Å². The fraction of sp³-hybridized carbons (Fsp3) is 0.562. The standard InChI is InChI=1S/C16H26N2O2/c1-5-18(10-6-9-17(3)4)12-15-8-7-14(16(19)20)11-13(15)2/h7-8,11H,5-6,9-10,12H2,1-4H3,(H,19,20). The minimum Gasteiger partial charge on any atom is -0.478 e. The second kappa shape index (κ2) is 8.02. The second-order valence-electron chi connectivity index (χ2n) is 5.47. The van der Waals surface area contributed by atoms with Gasteiger partial charge in [0.25, 0.3) is 0 Å². The number of carbonyl (C=O) groups is 1. The molecule has 0 aliphatic rings. The van der Waals surface area contributed by atoms with Crippen LogP contribution in [0.5, 0.6) is 0 Å². The van der Waals surface area contributed by atoms with Gasteiger partial charge in [-0.3, -0.25) is 4.90 Å². The third-order valence-corrected chi connectivity index (χ3v) is 3.51. The number of aromatic carboxylic acids is 1. The van der Waals surface area contributed by atoms with Crippen molar-refractivity contribution in [3.05, 3.63) is 34.9 Å². The maximum absolute atomic E-state index is 10.9. The minimum absolute atomic E-state index is 0.363. The van der Waals surface area contributed by atoms with E-state index in [9.17, 15) is 4.79 Å². The highest BCUT2D eigenvalue weighted by Crippen LogP contribution is 2.14. The third kappa shape index (κ3) is 5.31. The lowest BCUT2D eigenvalue weighted by atomic mass is 10.0. The molecule has 0 radical (unpaired) electrons. The molecule has 112 valence electrons. The van der Waals surface area contributed by atoms with Crippen LogP contribution in [0, 0.1) is 6.92 Å². The molecule has 4 heteroatoms. The summed E-state index contributed by atoms with van der Waals surface area (Å²) in [4.78, 5) is 15.5. The first-order valence-corrected chi connectivity index (χ1v) is 7.14. The van der Waals surface area contributed by atoms with Crippen LogP contribution in [0.1, 0.15) is 34.8 Å². The monoisotopic (exact) mass is 278 g/mol. The molecule has 0 aliphatic heterocycles. The minimum atomic E-state index is -0.863. The first-order valence-electron chi connectivity index (χ1n) is 7.14. The van der Waals surface area contributed by atoms with Gasteiger partial charge in [-0.05, 0) is 70.3 Å². The molecule has 1 aromatic rings. The molecule has 1 rings (SSSR count). The Morgan fingerprint density at radius 3 is 2.45 bits per heavy atom. The van der Waals surface area contributed by atoms with E-state index >= 15 is 0 Å². The van der Waals surface area contributed by atoms with Crippen molar-refractivity contribution in [1.29, 1.82) is 0 Å². The number of aryl methyl sites for hydroxylation is 1. The van der Waals surface area contributed by atoms with Crippen molar-refractivity contribution in [2.75, 3.05) is 33.7 Å². The predicted molar refractivity (Wildman–Crippen MR) is 82.3 cm³/mol. The van der Waals surface area contributed by atoms with Crippen LogP contribution in [-0.4, -0.2) is 54.6 Å². The Labute approximate surface area is 122 Å². The van der Waals surface area contributed by atoms with Gasteiger partial charge in [0.2, 0.25) is 0 Å². The van der Waals surface area contributed by atoms with Crippen LogP contribution >= 0.6 is 0 Å². The SMILES string of the molecule is CCN(CCCN(C)C)Cc1ccc(C(=O)O)cc1C. The highest BCUT2D eigenvalue weighted by atomic mass is 16.4. The average molecular weight is 278 g/mol. The molecule has 1 N–H and O–H groups in total. The van der Waals surface area contributed by atoms with E-state index < -0.39 is 5.97 Å². The van der Waals surface area contributed by atoms with Gasteiger partial charge in [-0.15, -0.1) is 0 Å². The maximum atomic E-state index is 10.9. The van der Waals surface area contributed by atoms with Crippen molar-refractivity contribution < 1.29 is 9.90 Å². The normalized spacial score (nSPS) is 11.3. The summed E-state index contributed by atoms with van der Waals surface area (Å²) >= 11 is 0. The van der Waals surface area contributed by atoms with Gasteiger partial charge in [-0.2, -0.15) is 0 Å². The van der Waals surface area contributed by atoms with Gasteiger partial charge < -0.3 is 10.0 Å². The smallest absolute Gasteiger partial charge is 0.335 e. The van der Waals surface area contributed by atoms with E-state index in [4.69, 9.17) is 5.11 Å². The molecule has 0 aliphatic carbocycles. The summed E-state index contributed by atoms with van der Waals surface area (Å²) in [6.07, 6.45) is 1.15. The Balaban J connectivity index is 2.63. The molecule has 0 amide bonds. The van der Waals surface area contributed by atoms with Crippen LogP contribution in [0.2, 0.25) is 0 Å². The summed E-state index contributed by atoms with van der Waals surface area (Å²) in [6, 6.07) is 5.39. The molecule has 0 saturated carbocycles. The largest absolute Gasteiger partial charge is 0.478 e. The molecule has 20 heavy (non-hydrogen) atoms. The Kier molecular flexibility index (Phi) is 6.68. The Morgan fingerprint density at radius 2 is 1.95 bits per heavy atom. The summed E-state index contributed by atoms with van der Waals surface area (Å²) < 4.78 is 0. The average Bonchev–Trinajstić information content (AvgIpc) is 2.38. The quantitative estimate of drug-likeness (QED) is 0.793. The lowest BCUT2D eigenvalue weighted by Crippen LogP contribution is -2.27. The molecule has 0 aromatic heterocycles. The van der Waals surface area contributed by atoms with E-state index in [2.05, 4.69) is 30.8 Å². The van der Waals surface area contributed by atoms with Crippen molar-refractivity contribution in [1.82, 2.24) is 9.80 Å². The fourth-order valence-corrected chi connectivity index (χ4v) is 2.21. The number of nitrogens with zero attached hydrogens (tertiary/aromatic N) is 2. The van der Waals surface area contributed by atoms with Gasteiger partial charge in [0.1, 0.15) is 0 Å². The van der Waals surface area contributed by atoms with Crippen molar-refractivity contribution in [2.24, 2.45) is 0 Å². The zero-order chi connectivity index (χ0) is 15.1. The van der Waals surface area contributed by atoms with Crippen LogP contribution in [0.25, 0.3) is 0 Å². The molecule has 0 unspecified atom stereocenters. The molecule has 1 aromatic carbocycles. The van der Waals surface area contributed by atoms with E-state index in [-0.39, 0.29) is 0 Å². The summed E-state index contributed by atoms with van der Waals surface area (Å²) in [6.45, 7) is 8.19. The van der Waals surface area contributed by atoms with E-state index in [1.54, 1.807) is 12.1 Å². The Bertz CT molecular complexity index is 444. The molecule has 4 nitrogen and oxygen atoms in total. The first-order chi connectivity index (χ1) is 9.43. The van der Waals surface area contributed by atoms with Gasteiger partial charge >= 0.3 is 5.97 Å². The predicted octanol–water partition coefficient (Wildman–Crippen LogP) is 2.47. The van der Waals surface area contributed by atoms with Crippen molar-refractivity contribution in [2.45, 2.75) is 26.8 Å². The summed E-state index contributed by atoms with van der Waals surface area (Å²) in [5, 5.41) is 8.98. The Hall–Kier alpha value is -1.39. The molecular weight excluding hydrogens is 252 g/mol. The molecule has 0 bridgehead atoms. The van der Waals surface area contributed by atoms with E-state index in [1.165, 1.54) is 5.56 Å². The lowest BCUT2D eigenvalue weighted by molar-refractivity contribution is 0.0696. The van der Waals surface area contributed by atoms with E-state index in [0.717, 1.165) is 38.2 Å². The third-order valence-electron chi connectivity index (χ3n) is 3.51. The highest BCUT2D eigenvalue weighted by molar-refractivity contribution is 5.87. The number of hydrogen-bond donors (Lipinski definition) is 1. The first kappa shape index (κ1) is 16.7. The van der Waals surface area contributed by atoms with Gasteiger partial charge in [-0.1, -0.05) is 13.0 Å². The highest BCUT2D eigenvalue weighted by Gasteiger charge is 2.09. The van der Waals surface area contributed by atoms with E-state index in [1.807, 2.05) is 13.0 Å². The van der Waals surface area contributed by atoms with Crippen LogP contribution < -0.4 is 0 Å². The number of rotatable bonds is 8. The van der Waals surface area contributed by atoms with Crippen molar-refractivity contribution in [3.63, 3.8) is 0 Å². The second-order valence-corrected chi connectivity index (χ2v) is 5.47. The number of carboxylic acid groups (broad SMARTS) is 1. The maximum Gasteiger partial charge on any atom is 0.335 e. The Morgan fingerprint density at radius 1 is 1.25 bits per heavy atom. The van der Waals surface area contributed by atoms with Crippen LogP contribution in [-0.2, 0) is 6.54 Å². The fourth-order valence-electron chi connectivity index (χ4n) is 2.21. The number of benzene rings is 1. The summed E-state index contributed by atoms with van der Waals surface area (Å²) in [5.74, 6) is -0.863. The summed E-state index contributed by atoms with van der Waals surface area (Å²) in [7, 11) is 4.18. The topological polar surface area (TPSA) is 43.8 Å². The van der Waals surface area contributed by atoms with Crippen molar-refractivity contribution in [3.8, 4) is 0 Å². The molecule has 0 atom stereocenters. The van der Waals surface area contributed by atoms with Gasteiger partial charge in [0.15, 0.2) is 0 Å². The molecule has 0 fully saturated rings. The van der Waals surface area contributed by atoms with Crippen LogP contribution in [0.3, 0.4) is 0 Å². The molecule has 0 heterocycles. The number of carboxylic acids is 1. The van der Waals surface area contributed by atoms with Gasteiger partial charge in [0.05, 0.1) is 5.56 Å². The zero-order valence-electron chi connectivity index (χ0n) is 13.0. The molecule has 0 spiro atoms. The van der Waals surface area contributed by atoms with Gasteiger partial charge in [0, 0.05) is 6.54 Å². The van der Waals surface area contributed by atoms with Crippen LogP contribution in [0.4, 0.5) is 0 Å². The zero-order valence-corrected chi connectivity index (χ0v) is 13.0. The van der Waals surface area contributed by atoms with Crippen LogP contribution in [0.15, 0.2) is 18.2 Å². The lowest BCUT2D eigenvalue weighted by Gasteiger charge is -2.22.